The number of hydrogen-bond acceptors (Lipinski definition) is 1. The molecule has 1 aromatic carbocycles. The largest absolute Gasteiger partial charge is 0.316 e. The van der Waals surface area contributed by atoms with Crippen LogP contribution in [0.25, 0.3) is 0 Å². The molecule has 1 nitrogen and oxygen atoms in total. The van der Waals surface area contributed by atoms with E-state index >= 15 is 0 Å². The van der Waals surface area contributed by atoms with Crippen LogP contribution in [0, 0.1) is 12.8 Å². The molecule has 1 aromatic rings. The molecule has 1 fully saturated rings. The van der Waals surface area contributed by atoms with E-state index in [2.05, 4.69) is 36.5 Å². The van der Waals surface area contributed by atoms with Crippen LogP contribution in [0.1, 0.15) is 17.0 Å². The minimum atomic E-state index is -0.217. The van der Waals surface area contributed by atoms with E-state index in [1.54, 1.807) is 0 Å². The molecular formula is C12H16FN. The summed E-state index contributed by atoms with van der Waals surface area (Å²) >= 11 is 0. The van der Waals surface area contributed by atoms with Gasteiger partial charge in [-0.05, 0) is 12.5 Å². The fraction of sp³-hybridized carbons (Fsp3) is 0.500. The Labute approximate surface area is 84.3 Å². The number of aryl methyl sites for hydroxylation is 1. The second kappa shape index (κ2) is 4.09. The summed E-state index contributed by atoms with van der Waals surface area (Å²) in [4.78, 5) is 0. The normalized spacial score (nSPS) is 26.7. The van der Waals surface area contributed by atoms with Gasteiger partial charge in [-0.2, -0.15) is 0 Å². The van der Waals surface area contributed by atoms with Gasteiger partial charge in [-0.15, -0.1) is 0 Å². The predicted molar refractivity (Wildman–Crippen MR) is 56.3 cm³/mol. The molecule has 2 rings (SSSR count). The summed E-state index contributed by atoms with van der Waals surface area (Å²) in [5, 5.41) is 3.25. The van der Waals surface area contributed by atoms with Crippen molar-refractivity contribution in [1.82, 2.24) is 5.32 Å². The van der Waals surface area contributed by atoms with E-state index in [9.17, 15) is 4.39 Å². The second-order valence-corrected chi connectivity index (χ2v) is 4.09. The predicted octanol–water partition coefficient (Wildman–Crippen LogP) is 2.27. The Balaban J connectivity index is 2.21. The van der Waals surface area contributed by atoms with Gasteiger partial charge in [0.25, 0.3) is 0 Å². The molecule has 1 N–H and O–H groups in total. The van der Waals surface area contributed by atoms with Crippen molar-refractivity contribution in [3.63, 3.8) is 0 Å². The van der Waals surface area contributed by atoms with E-state index in [0.29, 0.717) is 5.92 Å². The highest BCUT2D eigenvalue weighted by Crippen LogP contribution is 2.28. The molecule has 1 aliphatic rings. The van der Waals surface area contributed by atoms with Crippen molar-refractivity contribution >= 4 is 0 Å². The standard InChI is InChI=1S/C12H16FN/c1-9-3-2-4-10(5-9)12-8-14-7-11(12)6-13/h2-5,11-12,14H,6-8H2,1H3/t11-,12+/m1/s1. The Kier molecular flexibility index (Phi) is 2.82. The molecular weight excluding hydrogens is 177 g/mol. The first kappa shape index (κ1) is 9.66. The minimum absolute atomic E-state index is 0.164. The van der Waals surface area contributed by atoms with Crippen LogP contribution in [0.2, 0.25) is 0 Å². The molecule has 14 heavy (non-hydrogen) atoms. The third-order valence-corrected chi connectivity index (χ3v) is 3.01. The van der Waals surface area contributed by atoms with Crippen LogP contribution in [-0.2, 0) is 0 Å². The lowest BCUT2D eigenvalue weighted by atomic mass is 9.89. The molecule has 0 radical (unpaired) electrons. The highest BCUT2D eigenvalue weighted by Gasteiger charge is 2.27. The number of nitrogens with one attached hydrogen (secondary N) is 1. The fourth-order valence-electron chi connectivity index (χ4n) is 2.19. The fourth-order valence-corrected chi connectivity index (χ4v) is 2.19. The first-order chi connectivity index (χ1) is 6.81. The highest BCUT2D eigenvalue weighted by molar-refractivity contribution is 5.27. The molecule has 76 valence electrons. The molecule has 0 amide bonds. The number of alkyl halides is 1. The second-order valence-electron chi connectivity index (χ2n) is 4.09. The molecule has 1 heterocycles. The van der Waals surface area contributed by atoms with Crippen molar-refractivity contribution in [2.45, 2.75) is 12.8 Å². The molecule has 0 aromatic heterocycles. The van der Waals surface area contributed by atoms with Crippen molar-refractivity contribution < 1.29 is 4.39 Å². The quantitative estimate of drug-likeness (QED) is 0.759. The van der Waals surface area contributed by atoms with E-state index in [1.165, 1.54) is 11.1 Å². The first-order valence-electron chi connectivity index (χ1n) is 5.14. The van der Waals surface area contributed by atoms with Crippen LogP contribution >= 0.6 is 0 Å². The van der Waals surface area contributed by atoms with Crippen molar-refractivity contribution in [2.24, 2.45) is 5.92 Å². The van der Waals surface area contributed by atoms with E-state index in [0.717, 1.165) is 13.1 Å². The van der Waals surface area contributed by atoms with Crippen LogP contribution in [0.4, 0.5) is 4.39 Å². The summed E-state index contributed by atoms with van der Waals surface area (Å²) in [6.45, 7) is 3.59. The van der Waals surface area contributed by atoms with E-state index in [4.69, 9.17) is 0 Å². The van der Waals surface area contributed by atoms with Gasteiger partial charge in [-0.1, -0.05) is 29.8 Å². The van der Waals surface area contributed by atoms with Crippen LogP contribution in [0.15, 0.2) is 24.3 Å². The van der Waals surface area contributed by atoms with Gasteiger partial charge in [0.05, 0.1) is 6.67 Å². The van der Waals surface area contributed by atoms with Crippen LogP contribution in [0.5, 0.6) is 0 Å². The van der Waals surface area contributed by atoms with Crippen molar-refractivity contribution in [1.29, 1.82) is 0 Å². The van der Waals surface area contributed by atoms with E-state index in [-0.39, 0.29) is 12.6 Å². The maximum Gasteiger partial charge on any atom is 0.0941 e. The van der Waals surface area contributed by atoms with Gasteiger partial charge in [-0.25, -0.2) is 0 Å². The topological polar surface area (TPSA) is 12.0 Å². The van der Waals surface area contributed by atoms with Gasteiger partial charge in [0.1, 0.15) is 0 Å². The Morgan fingerprint density at radius 3 is 3.00 bits per heavy atom. The smallest absolute Gasteiger partial charge is 0.0941 e. The average Bonchev–Trinajstić information content (AvgIpc) is 2.65. The zero-order chi connectivity index (χ0) is 9.97. The number of rotatable bonds is 2. The average molecular weight is 193 g/mol. The molecule has 0 saturated carbocycles. The van der Waals surface area contributed by atoms with Gasteiger partial charge in [0.15, 0.2) is 0 Å². The summed E-state index contributed by atoms with van der Waals surface area (Å²) in [6.07, 6.45) is 0. The van der Waals surface area contributed by atoms with Gasteiger partial charge in [0, 0.05) is 24.9 Å². The van der Waals surface area contributed by atoms with E-state index in [1.807, 2.05) is 0 Å². The van der Waals surface area contributed by atoms with Crippen LogP contribution in [-0.4, -0.2) is 19.8 Å². The third kappa shape index (κ3) is 1.80. The minimum Gasteiger partial charge on any atom is -0.316 e. The van der Waals surface area contributed by atoms with Gasteiger partial charge in [0.2, 0.25) is 0 Å². The van der Waals surface area contributed by atoms with E-state index < -0.39 is 0 Å². The molecule has 0 unspecified atom stereocenters. The Bertz CT molecular complexity index is 311. The number of hydrogen-bond donors (Lipinski definition) is 1. The molecule has 2 atom stereocenters. The zero-order valence-corrected chi connectivity index (χ0v) is 8.46. The molecule has 1 aliphatic heterocycles. The highest BCUT2D eigenvalue weighted by atomic mass is 19.1. The summed E-state index contributed by atoms with van der Waals surface area (Å²) in [5.74, 6) is 0.525. The van der Waals surface area contributed by atoms with Gasteiger partial charge < -0.3 is 5.32 Å². The lowest BCUT2D eigenvalue weighted by molar-refractivity contribution is 0.358. The summed E-state index contributed by atoms with van der Waals surface area (Å²) < 4.78 is 12.7. The first-order valence-corrected chi connectivity index (χ1v) is 5.14. The Morgan fingerprint density at radius 1 is 1.43 bits per heavy atom. The van der Waals surface area contributed by atoms with Crippen LogP contribution < -0.4 is 5.32 Å². The van der Waals surface area contributed by atoms with Crippen LogP contribution in [0.3, 0.4) is 0 Å². The lowest BCUT2D eigenvalue weighted by Crippen LogP contribution is -2.12. The van der Waals surface area contributed by atoms with Crippen molar-refractivity contribution in [2.75, 3.05) is 19.8 Å². The lowest BCUT2D eigenvalue weighted by Gasteiger charge is -2.16. The Morgan fingerprint density at radius 2 is 2.29 bits per heavy atom. The number of halogens is 1. The SMILES string of the molecule is Cc1cccc([C@@H]2CNC[C@H]2CF)c1. The molecule has 0 spiro atoms. The summed E-state index contributed by atoms with van der Waals surface area (Å²) in [6, 6.07) is 8.41. The zero-order valence-electron chi connectivity index (χ0n) is 8.46. The summed E-state index contributed by atoms with van der Waals surface area (Å²) in [7, 11) is 0. The molecule has 1 saturated heterocycles. The molecule has 0 bridgehead atoms. The third-order valence-electron chi connectivity index (χ3n) is 3.01. The monoisotopic (exact) mass is 193 g/mol. The van der Waals surface area contributed by atoms with Crippen molar-refractivity contribution in [3.05, 3.63) is 35.4 Å². The van der Waals surface area contributed by atoms with Crippen molar-refractivity contribution in [3.8, 4) is 0 Å². The summed E-state index contributed by atoms with van der Waals surface area (Å²) in [5.41, 5.74) is 2.53. The van der Waals surface area contributed by atoms with Gasteiger partial charge in [-0.3, -0.25) is 4.39 Å². The molecule has 0 aliphatic carbocycles. The molecule has 2 heteroatoms. The number of benzene rings is 1. The maximum atomic E-state index is 12.7. The Hall–Kier alpha value is -0.890. The van der Waals surface area contributed by atoms with Gasteiger partial charge >= 0.3 is 0 Å². The maximum absolute atomic E-state index is 12.7.